The molecule has 0 aliphatic heterocycles. The average molecular weight is 328 g/mol. The molecule has 2 heterocycles. The van der Waals surface area contributed by atoms with E-state index >= 15 is 0 Å². The molecule has 0 saturated heterocycles. The van der Waals surface area contributed by atoms with Crippen LogP contribution >= 0.6 is 0 Å². The van der Waals surface area contributed by atoms with Crippen LogP contribution in [0.2, 0.25) is 0 Å². The molecule has 0 bridgehead atoms. The number of hydrogen-bond acceptors (Lipinski definition) is 4. The third-order valence-electron chi connectivity index (χ3n) is 4.15. The van der Waals surface area contributed by atoms with Crippen molar-refractivity contribution in [1.29, 1.82) is 0 Å². The SMILES string of the molecule is Cc1nc2c([nH]1)CC(C(=O)NCc1ccc(OC(C)C)nc1)CC2. The predicted octanol–water partition coefficient (Wildman–Crippen LogP) is 2.32. The molecule has 1 atom stereocenters. The number of imidazole rings is 1. The minimum Gasteiger partial charge on any atom is -0.475 e. The van der Waals surface area contributed by atoms with Crippen molar-refractivity contribution in [3.8, 4) is 5.88 Å². The first-order chi connectivity index (χ1) is 11.5. The van der Waals surface area contributed by atoms with Gasteiger partial charge in [-0.3, -0.25) is 4.79 Å². The Balaban J connectivity index is 1.52. The van der Waals surface area contributed by atoms with Gasteiger partial charge in [-0.05, 0) is 39.2 Å². The Kier molecular flexibility index (Phi) is 4.83. The maximum Gasteiger partial charge on any atom is 0.223 e. The van der Waals surface area contributed by atoms with Gasteiger partial charge in [0.15, 0.2) is 0 Å². The molecule has 0 aromatic carbocycles. The molecule has 2 N–H and O–H groups in total. The Morgan fingerprint density at radius 1 is 1.46 bits per heavy atom. The zero-order valence-corrected chi connectivity index (χ0v) is 14.4. The second kappa shape index (κ2) is 7.03. The number of amides is 1. The first-order valence-electron chi connectivity index (χ1n) is 8.45. The molecule has 1 aliphatic rings. The molecular formula is C18H24N4O2. The van der Waals surface area contributed by atoms with E-state index in [0.717, 1.165) is 42.0 Å². The van der Waals surface area contributed by atoms with E-state index in [0.29, 0.717) is 12.4 Å². The number of aromatic nitrogens is 3. The van der Waals surface area contributed by atoms with Gasteiger partial charge in [0.05, 0.1) is 11.8 Å². The highest BCUT2D eigenvalue weighted by Crippen LogP contribution is 2.24. The first kappa shape index (κ1) is 16.5. The molecule has 0 radical (unpaired) electrons. The summed E-state index contributed by atoms with van der Waals surface area (Å²) in [5.74, 6) is 1.63. The molecule has 24 heavy (non-hydrogen) atoms. The van der Waals surface area contributed by atoms with Crippen molar-refractivity contribution in [2.24, 2.45) is 5.92 Å². The van der Waals surface area contributed by atoms with E-state index in [1.807, 2.05) is 32.9 Å². The van der Waals surface area contributed by atoms with Crippen LogP contribution in [0.1, 0.15) is 43.0 Å². The van der Waals surface area contributed by atoms with Gasteiger partial charge in [-0.15, -0.1) is 0 Å². The van der Waals surface area contributed by atoms with E-state index in [1.165, 1.54) is 0 Å². The summed E-state index contributed by atoms with van der Waals surface area (Å²) in [7, 11) is 0. The van der Waals surface area contributed by atoms with E-state index in [-0.39, 0.29) is 17.9 Å². The van der Waals surface area contributed by atoms with E-state index < -0.39 is 0 Å². The van der Waals surface area contributed by atoms with Gasteiger partial charge in [0.25, 0.3) is 0 Å². The highest BCUT2D eigenvalue weighted by Gasteiger charge is 2.26. The number of ether oxygens (including phenoxy) is 1. The summed E-state index contributed by atoms with van der Waals surface area (Å²) in [5.41, 5.74) is 3.19. The number of hydrogen-bond donors (Lipinski definition) is 2. The van der Waals surface area contributed by atoms with Crippen LogP contribution in [-0.2, 0) is 24.2 Å². The summed E-state index contributed by atoms with van der Waals surface area (Å²) in [6.07, 6.45) is 4.30. The largest absolute Gasteiger partial charge is 0.475 e. The molecule has 6 nitrogen and oxygen atoms in total. The molecule has 0 saturated carbocycles. The zero-order chi connectivity index (χ0) is 17.1. The van der Waals surface area contributed by atoms with Gasteiger partial charge in [0.2, 0.25) is 11.8 Å². The van der Waals surface area contributed by atoms with Crippen molar-refractivity contribution in [2.45, 2.75) is 52.7 Å². The molecule has 128 valence electrons. The smallest absolute Gasteiger partial charge is 0.223 e. The molecular weight excluding hydrogens is 304 g/mol. The number of pyridine rings is 1. The lowest BCUT2D eigenvalue weighted by molar-refractivity contribution is -0.125. The summed E-state index contributed by atoms with van der Waals surface area (Å²) < 4.78 is 5.52. The zero-order valence-electron chi connectivity index (χ0n) is 14.4. The Morgan fingerprint density at radius 2 is 2.29 bits per heavy atom. The number of fused-ring (bicyclic) bond motifs is 1. The number of aromatic amines is 1. The normalized spacial score (nSPS) is 16.8. The van der Waals surface area contributed by atoms with Crippen LogP contribution in [0.5, 0.6) is 5.88 Å². The summed E-state index contributed by atoms with van der Waals surface area (Å²) >= 11 is 0. The van der Waals surface area contributed by atoms with Crippen molar-refractivity contribution >= 4 is 5.91 Å². The molecule has 0 fully saturated rings. The van der Waals surface area contributed by atoms with E-state index in [2.05, 4.69) is 20.3 Å². The van der Waals surface area contributed by atoms with Gasteiger partial charge < -0.3 is 15.0 Å². The van der Waals surface area contributed by atoms with Gasteiger partial charge in [-0.25, -0.2) is 9.97 Å². The molecule has 1 aliphatic carbocycles. The van der Waals surface area contributed by atoms with Gasteiger partial charge in [-0.1, -0.05) is 6.07 Å². The number of carbonyl (C=O) groups is 1. The maximum absolute atomic E-state index is 12.4. The van der Waals surface area contributed by atoms with E-state index in [4.69, 9.17) is 4.74 Å². The lowest BCUT2D eigenvalue weighted by atomic mass is 9.89. The van der Waals surface area contributed by atoms with Crippen LogP contribution in [0.3, 0.4) is 0 Å². The van der Waals surface area contributed by atoms with Crippen LogP contribution in [0, 0.1) is 12.8 Å². The minimum absolute atomic E-state index is 0.00820. The van der Waals surface area contributed by atoms with Crippen molar-refractivity contribution in [3.05, 3.63) is 41.1 Å². The van der Waals surface area contributed by atoms with E-state index in [9.17, 15) is 4.79 Å². The van der Waals surface area contributed by atoms with Crippen LogP contribution < -0.4 is 10.1 Å². The van der Waals surface area contributed by atoms with Crippen molar-refractivity contribution < 1.29 is 9.53 Å². The quantitative estimate of drug-likeness (QED) is 0.883. The van der Waals surface area contributed by atoms with E-state index in [1.54, 1.807) is 6.20 Å². The van der Waals surface area contributed by atoms with Crippen molar-refractivity contribution in [1.82, 2.24) is 20.3 Å². The fourth-order valence-corrected chi connectivity index (χ4v) is 3.01. The fourth-order valence-electron chi connectivity index (χ4n) is 3.01. The Hall–Kier alpha value is -2.37. The Labute approximate surface area is 142 Å². The highest BCUT2D eigenvalue weighted by atomic mass is 16.5. The number of rotatable bonds is 5. The lowest BCUT2D eigenvalue weighted by Gasteiger charge is -2.20. The molecule has 6 heteroatoms. The Bertz CT molecular complexity index is 706. The topological polar surface area (TPSA) is 79.9 Å². The van der Waals surface area contributed by atoms with Crippen molar-refractivity contribution in [3.63, 3.8) is 0 Å². The van der Waals surface area contributed by atoms with Crippen molar-refractivity contribution in [2.75, 3.05) is 0 Å². The summed E-state index contributed by atoms with van der Waals surface area (Å²) in [6.45, 7) is 6.37. The first-order valence-corrected chi connectivity index (χ1v) is 8.45. The number of H-pyrrole nitrogens is 1. The van der Waals surface area contributed by atoms with Gasteiger partial charge in [-0.2, -0.15) is 0 Å². The molecule has 2 aromatic heterocycles. The summed E-state index contributed by atoms with van der Waals surface area (Å²) in [5, 5.41) is 3.01. The monoisotopic (exact) mass is 328 g/mol. The molecule has 1 amide bonds. The average Bonchev–Trinajstić information content (AvgIpc) is 2.92. The molecule has 3 rings (SSSR count). The molecule has 1 unspecified atom stereocenters. The number of nitrogens with one attached hydrogen (secondary N) is 2. The second-order valence-corrected chi connectivity index (χ2v) is 6.58. The molecule has 0 spiro atoms. The molecule has 2 aromatic rings. The maximum atomic E-state index is 12.4. The standard InChI is InChI=1S/C18H24N4O2/c1-11(2)24-17-7-4-13(9-19-17)10-20-18(23)14-5-6-15-16(8-14)22-12(3)21-15/h4,7,9,11,14H,5-6,8,10H2,1-3H3,(H,20,23)(H,21,22). The van der Waals surface area contributed by atoms with Crippen LogP contribution in [0.25, 0.3) is 0 Å². The number of aryl methyl sites for hydroxylation is 2. The van der Waals surface area contributed by atoms with Gasteiger partial charge in [0.1, 0.15) is 5.82 Å². The van der Waals surface area contributed by atoms with Crippen LogP contribution in [0.4, 0.5) is 0 Å². The second-order valence-electron chi connectivity index (χ2n) is 6.58. The third-order valence-corrected chi connectivity index (χ3v) is 4.15. The summed E-state index contributed by atoms with van der Waals surface area (Å²) in [4.78, 5) is 24.4. The third kappa shape index (κ3) is 3.93. The summed E-state index contributed by atoms with van der Waals surface area (Å²) in [6, 6.07) is 3.77. The highest BCUT2D eigenvalue weighted by molar-refractivity contribution is 5.79. The van der Waals surface area contributed by atoms with Gasteiger partial charge in [0, 0.05) is 36.8 Å². The number of nitrogens with zero attached hydrogens (tertiary/aromatic N) is 2. The predicted molar refractivity (Wildman–Crippen MR) is 90.7 cm³/mol. The minimum atomic E-state index is 0.00820. The van der Waals surface area contributed by atoms with Gasteiger partial charge >= 0.3 is 0 Å². The number of carbonyl (C=O) groups excluding carboxylic acids is 1. The fraction of sp³-hybridized carbons (Fsp3) is 0.500. The lowest BCUT2D eigenvalue weighted by Crippen LogP contribution is -2.33. The van der Waals surface area contributed by atoms with Crippen LogP contribution in [-0.4, -0.2) is 27.0 Å². The Morgan fingerprint density at radius 3 is 3.00 bits per heavy atom. The van der Waals surface area contributed by atoms with Crippen LogP contribution in [0.15, 0.2) is 18.3 Å².